The summed E-state index contributed by atoms with van der Waals surface area (Å²) in [5.74, 6) is 3.87. The van der Waals surface area contributed by atoms with Crippen LogP contribution in [0.3, 0.4) is 0 Å². The van der Waals surface area contributed by atoms with Gasteiger partial charge in [0.2, 0.25) is 11.7 Å². The lowest BCUT2D eigenvalue weighted by Gasteiger charge is -2.23. The van der Waals surface area contributed by atoms with Gasteiger partial charge in [-0.15, -0.1) is 0 Å². The fraction of sp³-hybridized carbons (Fsp3) is 0.455. The molecule has 28 heavy (non-hydrogen) atoms. The third kappa shape index (κ3) is 3.56. The van der Waals surface area contributed by atoms with Crippen LogP contribution in [0.2, 0.25) is 0 Å². The lowest BCUT2D eigenvalue weighted by Crippen LogP contribution is -2.20. The molecule has 3 aromatic rings. The van der Waals surface area contributed by atoms with E-state index in [-0.39, 0.29) is 0 Å². The summed E-state index contributed by atoms with van der Waals surface area (Å²) in [5, 5.41) is 4.20. The average molecular weight is 375 g/mol. The molecule has 0 radical (unpaired) electrons. The summed E-state index contributed by atoms with van der Waals surface area (Å²) in [6.07, 6.45) is 7.34. The van der Waals surface area contributed by atoms with E-state index in [4.69, 9.17) is 4.52 Å². The Morgan fingerprint density at radius 3 is 2.39 bits per heavy atom. The van der Waals surface area contributed by atoms with Gasteiger partial charge < -0.3 is 4.52 Å². The molecule has 144 valence electrons. The topological polar surface area (TPSA) is 67.9 Å². The van der Waals surface area contributed by atoms with Gasteiger partial charge in [0.25, 0.3) is 0 Å². The highest BCUT2D eigenvalue weighted by Gasteiger charge is 2.34. The number of nitrogens with zero attached hydrogens (tertiary/aromatic N) is 5. The minimum atomic E-state index is 0.650. The van der Waals surface area contributed by atoms with Crippen molar-refractivity contribution in [3.8, 4) is 22.6 Å². The highest BCUT2D eigenvalue weighted by Crippen LogP contribution is 2.36. The van der Waals surface area contributed by atoms with Crippen LogP contribution in [0, 0.1) is 18.8 Å². The zero-order valence-electron chi connectivity index (χ0n) is 16.2. The molecule has 0 amide bonds. The molecule has 0 spiro atoms. The van der Waals surface area contributed by atoms with Gasteiger partial charge in [-0.3, -0.25) is 4.90 Å². The van der Waals surface area contributed by atoms with Crippen LogP contribution in [0.25, 0.3) is 22.6 Å². The minimum Gasteiger partial charge on any atom is -0.338 e. The first-order chi connectivity index (χ1) is 13.7. The third-order valence-electron chi connectivity index (χ3n) is 6.09. The first kappa shape index (κ1) is 17.5. The summed E-state index contributed by atoms with van der Waals surface area (Å²) in [4.78, 5) is 15.7. The van der Waals surface area contributed by atoms with E-state index in [0.29, 0.717) is 11.7 Å². The van der Waals surface area contributed by atoms with Gasteiger partial charge in [0.1, 0.15) is 5.82 Å². The van der Waals surface area contributed by atoms with E-state index in [0.717, 1.165) is 41.0 Å². The average Bonchev–Trinajstić information content (AvgIpc) is 3.35. The van der Waals surface area contributed by atoms with Gasteiger partial charge in [0, 0.05) is 30.4 Å². The number of hydrogen-bond acceptors (Lipinski definition) is 6. The maximum atomic E-state index is 5.54. The number of benzene rings is 1. The summed E-state index contributed by atoms with van der Waals surface area (Å²) >= 11 is 0. The highest BCUT2D eigenvalue weighted by molar-refractivity contribution is 5.64. The number of aryl methyl sites for hydroxylation is 1. The van der Waals surface area contributed by atoms with Gasteiger partial charge in [-0.2, -0.15) is 4.98 Å². The monoisotopic (exact) mass is 375 g/mol. The lowest BCUT2D eigenvalue weighted by atomic mass is 9.82. The number of hydrogen-bond donors (Lipinski definition) is 0. The molecule has 2 aliphatic rings. The van der Waals surface area contributed by atoms with Gasteiger partial charge in [-0.05, 0) is 37.7 Å². The molecule has 1 aliphatic heterocycles. The first-order valence-electron chi connectivity index (χ1n) is 10.2. The molecule has 6 heteroatoms. The molecule has 2 fully saturated rings. The van der Waals surface area contributed by atoms with Gasteiger partial charge in [-0.1, -0.05) is 42.3 Å². The highest BCUT2D eigenvalue weighted by atomic mass is 16.5. The van der Waals surface area contributed by atoms with Crippen LogP contribution in [0.4, 0.5) is 0 Å². The molecular formula is C22H25N5O. The normalized spacial score (nSPS) is 22.3. The van der Waals surface area contributed by atoms with Crippen LogP contribution in [-0.2, 0) is 6.54 Å². The summed E-state index contributed by atoms with van der Waals surface area (Å²) in [7, 11) is 0. The van der Waals surface area contributed by atoms with Crippen molar-refractivity contribution in [2.75, 3.05) is 13.1 Å². The number of likely N-dealkylation sites (tertiary alicyclic amines) is 1. The molecule has 5 rings (SSSR count). The molecule has 0 unspecified atom stereocenters. The Balaban J connectivity index is 1.27. The number of aromatic nitrogens is 4. The van der Waals surface area contributed by atoms with E-state index in [1.807, 2.05) is 37.3 Å². The predicted octanol–water partition coefficient (Wildman–Crippen LogP) is 4.12. The van der Waals surface area contributed by atoms with E-state index in [1.54, 1.807) is 6.20 Å². The molecule has 0 bridgehead atoms. The van der Waals surface area contributed by atoms with Crippen molar-refractivity contribution in [3.63, 3.8) is 0 Å². The molecule has 2 atom stereocenters. The molecule has 1 saturated carbocycles. The Kier molecular flexibility index (Phi) is 4.64. The summed E-state index contributed by atoms with van der Waals surface area (Å²) in [5.41, 5.74) is 2.93. The Morgan fingerprint density at radius 2 is 1.68 bits per heavy atom. The zero-order valence-corrected chi connectivity index (χ0v) is 16.2. The Hall–Kier alpha value is -2.60. The van der Waals surface area contributed by atoms with Crippen molar-refractivity contribution in [1.29, 1.82) is 0 Å². The molecule has 1 aromatic carbocycles. The molecule has 0 N–H and O–H groups in total. The van der Waals surface area contributed by atoms with Crippen LogP contribution in [0.1, 0.15) is 37.4 Å². The second-order valence-corrected chi connectivity index (χ2v) is 8.08. The van der Waals surface area contributed by atoms with Crippen molar-refractivity contribution in [3.05, 3.63) is 48.2 Å². The lowest BCUT2D eigenvalue weighted by molar-refractivity contribution is 0.258. The van der Waals surface area contributed by atoms with Crippen LogP contribution in [0.5, 0.6) is 0 Å². The fourth-order valence-corrected chi connectivity index (χ4v) is 4.67. The van der Waals surface area contributed by atoms with Crippen molar-refractivity contribution >= 4 is 0 Å². The summed E-state index contributed by atoms with van der Waals surface area (Å²) < 4.78 is 5.54. The van der Waals surface area contributed by atoms with Crippen molar-refractivity contribution < 1.29 is 4.52 Å². The Labute approximate surface area is 165 Å². The van der Waals surface area contributed by atoms with Crippen LogP contribution in [-0.4, -0.2) is 38.1 Å². The third-order valence-corrected chi connectivity index (χ3v) is 6.09. The van der Waals surface area contributed by atoms with Crippen LogP contribution < -0.4 is 0 Å². The SMILES string of the molecule is Cc1nccc(-c2ccc(-c3noc(CN4C[C@H]5CCCC[C@H]5C4)n3)cc2)n1. The fourth-order valence-electron chi connectivity index (χ4n) is 4.67. The van der Waals surface area contributed by atoms with Crippen molar-refractivity contribution in [1.82, 2.24) is 25.0 Å². The van der Waals surface area contributed by atoms with Gasteiger partial charge in [-0.25, -0.2) is 9.97 Å². The van der Waals surface area contributed by atoms with Crippen molar-refractivity contribution in [2.24, 2.45) is 11.8 Å². The van der Waals surface area contributed by atoms with Crippen LogP contribution >= 0.6 is 0 Å². The quantitative estimate of drug-likeness (QED) is 0.683. The molecular weight excluding hydrogens is 350 g/mol. The Morgan fingerprint density at radius 1 is 0.964 bits per heavy atom. The van der Waals surface area contributed by atoms with E-state index < -0.39 is 0 Å². The smallest absolute Gasteiger partial charge is 0.241 e. The van der Waals surface area contributed by atoms with Gasteiger partial charge in [0.15, 0.2) is 0 Å². The van der Waals surface area contributed by atoms with Crippen LogP contribution in [0.15, 0.2) is 41.1 Å². The maximum Gasteiger partial charge on any atom is 0.241 e. The molecule has 3 heterocycles. The van der Waals surface area contributed by atoms with E-state index >= 15 is 0 Å². The number of rotatable bonds is 4. The van der Waals surface area contributed by atoms with Gasteiger partial charge in [0.05, 0.1) is 12.2 Å². The molecule has 2 aromatic heterocycles. The zero-order chi connectivity index (χ0) is 18.9. The largest absolute Gasteiger partial charge is 0.338 e. The van der Waals surface area contributed by atoms with E-state index in [9.17, 15) is 0 Å². The predicted molar refractivity (Wildman–Crippen MR) is 106 cm³/mol. The Bertz CT molecular complexity index is 938. The minimum absolute atomic E-state index is 0.650. The number of fused-ring (bicyclic) bond motifs is 1. The first-order valence-corrected chi connectivity index (χ1v) is 10.2. The van der Waals surface area contributed by atoms with Crippen molar-refractivity contribution in [2.45, 2.75) is 39.2 Å². The summed E-state index contributed by atoms with van der Waals surface area (Å²) in [6.45, 7) is 5.01. The second-order valence-electron chi connectivity index (χ2n) is 8.08. The second kappa shape index (κ2) is 7.43. The molecule has 1 saturated heterocycles. The van der Waals surface area contributed by atoms with E-state index in [2.05, 4.69) is 25.0 Å². The maximum absolute atomic E-state index is 5.54. The van der Waals surface area contributed by atoms with E-state index in [1.165, 1.54) is 38.8 Å². The molecule has 1 aliphatic carbocycles. The van der Waals surface area contributed by atoms with Gasteiger partial charge >= 0.3 is 0 Å². The standard InChI is InChI=1S/C22H25N5O/c1-15-23-11-10-20(24-15)16-6-8-17(9-7-16)22-25-21(28-26-22)14-27-12-18-4-2-3-5-19(18)13-27/h6-11,18-19H,2-5,12-14H2,1H3/t18-,19+. The summed E-state index contributed by atoms with van der Waals surface area (Å²) in [6, 6.07) is 10.0. The molecule has 6 nitrogen and oxygen atoms in total.